The van der Waals surface area contributed by atoms with Crippen LogP contribution in [0.15, 0.2) is 6.07 Å². The van der Waals surface area contributed by atoms with Gasteiger partial charge in [-0.15, -0.1) is 0 Å². The monoisotopic (exact) mass is 267 g/mol. The van der Waals surface area contributed by atoms with Gasteiger partial charge in [0.25, 0.3) is 0 Å². The molecule has 0 aliphatic heterocycles. The maximum Gasteiger partial charge on any atom is 0.411 e. The number of alkyl halides is 3. The summed E-state index contributed by atoms with van der Waals surface area (Å²) in [6, 6.07) is 0.494. The molecule has 0 radical (unpaired) electrons. The van der Waals surface area contributed by atoms with Crippen molar-refractivity contribution >= 4 is 11.6 Å². The first-order valence-corrected chi connectivity index (χ1v) is 5.18. The van der Waals surface area contributed by atoms with Crippen molar-refractivity contribution in [1.82, 2.24) is 4.98 Å². The molecule has 1 aromatic rings. The van der Waals surface area contributed by atoms with Crippen molar-refractivity contribution in [3.8, 4) is 0 Å². The molecule has 1 aliphatic rings. The number of hydrogen-bond donors (Lipinski definition) is 2. The number of pyridine rings is 1. The van der Waals surface area contributed by atoms with E-state index in [9.17, 15) is 22.0 Å². The zero-order chi connectivity index (χ0) is 13.6. The van der Waals surface area contributed by atoms with E-state index in [4.69, 9.17) is 0 Å². The van der Waals surface area contributed by atoms with Gasteiger partial charge in [0.15, 0.2) is 23.3 Å². The molecular weight excluding hydrogens is 257 g/mol. The molecular formula is C10H10F5N3. The van der Waals surface area contributed by atoms with Crippen LogP contribution in [0, 0.1) is 11.6 Å². The van der Waals surface area contributed by atoms with Gasteiger partial charge in [-0.2, -0.15) is 13.2 Å². The van der Waals surface area contributed by atoms with E-state index in [0.29, 0.717) is 6.07 Å². The lowest BCUT2D eigenvalue weighted by Crippen LogP contribution is -2.39. The van der Waals surface area contributed by atoms with Crippen LogP contribution >= 0.6 is 0 Å². The van der Waals surface area contributed by atoms with Crippen LogP contribution in [0.4, 0.5) is 33.6 Å². The largest absolute Gasteiger partial charge is 0.411 e. The Kier molecular flexibility index (Phi) is 2.83. The molecule has 0 amide bonds. The van der Waals surface area contributed by atoms with Gasteiger partial charge in [-0.3, -0.25) is 0 Å². The van der Waals surface area contributed by atoms with Crippen molar-refractivity contribution in [3.05, 3.63) is 17.7 Å². The molecule has 1 aliphatic carbocycles. The van der Waals surface area contributed by atoms with Gasteiger partial charge in [-0.1, -0.05) is 0 Å². The fourth-order valence-corrected chi connectivity index (χ4v) is 1.56. The summed E-state index contributed by atoms with van der Waals surface area (Å²) in [6.07, 6.45) is -4.79. The summed E-state index contributed by atoms with van der Waals surface area (Å²) < 4.78 is 64.5. The Morgan fingerprint density at radius 3 is 2.17 bits per heavy atom. The quantitative estimate of drug-likeness (QED) is 0.827. The molecule has 1 fully saturated rings. The molecule has 1 aromatic heterocycles. The van der Waals surface area contributed by atoms with E-state index in [1.165, 1.54) is 7.05 Å². The Balaban J connectivity index is 2.30. The molecule has 8 heteroatoms. The normalized spacial score (nSPS) is 17.4. The minimum atomic E-state index is -4.49. The standard InChI is InChI=1S/C10H10F5N3/c1-16-7-5(11)4-6(12)8(17-7)18-9(2-3-9)10(13,14)15/h4H,2-3H2,1H3,(H2,16,17,18). The molecule has 0 atom stereocenters. The van der Waals surface area contributed by atoms with Gasteiger partial charge in [0.05, 0.1) is 0 Å². The predicted molar refractivity (Wildman–Crippen MR) is 55.3 cm³/mol. The number of nitrogens with one attached hydrogen (secondary N) is 2. The lowest BCUT2D eigenvalue weighted by molar-refractivity contribution is -0.151. The van der Waals surface area contributed by atoms with E-state index in [-0.39, 0.29) is 18.7 Å². The van der Waals surface area contributed by atoms with Crippen LogP contribution in [0.5, 0.6) is 0 Å². The zero-order valence-electron chi connectivity index (χ0n) is 9.33. The molecule has 1 saturated carbocycles. The average molecular weight is 267 g/mol. The summed E-state index contributed by atoms with van der Waals surface area (Å²) in [4.78, 5) is 3.46. The van der Waals surface area contributed by atoms with Gasteiger partial charge >= 0.3 is 6.18 Å². The second kappa shape index (κ2) is 3.96. The first-order valence-electron chi connectivity index (χ1n) is 5.18. The summed E-state index contributed by atoms with van der Waals surface area (Å²) >= 11 is 0. The van der Waals surface area contributed by atoms with E-state index in [1.807, 2.05) is 5.32 Å². The highest BCUT2D eigenvalue weighted by atomic mass is 19.4. The second-order valence-corrected chi connectivity index (χ2v) is 4.10. The minimum absolute atomic E-state index is 0.149. The summed E-state index contributed by atoms with van der Waals surface area (Å²) in [6.45, 7) is 0. The number of nitrogens with zero attached hydrogens (tertiary/aromatic N) is 1. The van der Waals surface area contributed by atoms with E-state index < -0.39 is 29.2 Å². The molecule has 2 rings (SSSR count). The topological polar surface area (TPSA) is 37.0 Å². The van der Waals surface area contributed by atoms with Crippen molar-refractivity contribution in [2.24, 2.45) is 0 Å². The molecule has 100 valence electrons. The van der Waals surface area contributed by atoms with Crippen LogP contribution < -0.4 is 10.6 Å². The lowest BCUT2D eigenvalue weighted by Gasteiger charge is -2.21. The molecule has 1 heterocycles. The van der Waals surface area contributed by atoms with Crippen molar-refractivity contribution in [3.63, 3.8) is 0 Å². The highest BCUT2D eigenvalue weighted by Gasteiger charge is 2.64. The van der Waals surface area contributed by atoms with Crippen molar-refractivity contribution in [2.75, 3.05) is 17.7 Å². The highest BCUT2D eigenvalue weighted by Crippen LogP contribution is 2.51. The molecule has 0 saturated heterocycles. The van der Waals surface area contributed by atoms with Crippen LogP contribution in [-0.2, 0) is 0 Å². The van der Waals surface area contributed by atoms with Gasteiger partial charge in [0.2, 0.25) is 0 Å². The summed E-state index contributed by atoms with van der Waals surface area (Å²) in [7, 11) is 1.34. The molecule has 0 aromatic carbocycles. The molecule has 0 spiro atoms. The van der Waals surface area contributed by atoms with Crippen LogP contribution in [0.2, 0.25) is 0 Å². The number of halogens is 5. The first kappa shape index (κ1) is 12.8. The third-order valence-corrected chi connectivity index (χ3v) is 2.82. The van der Waals surface area contributed by atoms with Crippen molar-refractivity contribution in [2.45, 2.75) is 24.6 Å². The molecule has 0 bridgehead atoms. The number of hydrogen-bond acceptors (Lipinski definition) is 3. The third-order valence-electron chi connectivity index (χ3n) is 2.82. The lowest BCUT2D eigenvalue weighted by atomic mass is 10.2. The fourth-order valence-electron chi connectivity index (χ4n) is 1.56. The third kappa shape index (κ3) is 2.06. The Bertz CT molecular complexity index is 467. The zero-order valence-corrected chi connectivity index (χ0v) is 9.33. The van der Waals surface area contributed by atoms with E-state index in [0.717, 1.165) is 0 Å². The van der Waals surface area contributed by atoms with Gasteiger partial charge in [-0.25, -0.2) is 13.8 Å². The van der Waals surface area contributed by atoms with E-state index in [2.05, 4.69) is 10.3 Å². The van der Waals surface area contributed by atoms with Gasteiger partial charge in [0, 0.05) is 13.1 Å². The van der Waals surface area contributed by atoms with Crippen LogP contribution in [-0.4, -0.2) is 23.7 Å². The Labute approximate surface area is 99.4 Å². The highest BCUT2D eigenvalue weighted by molar-refractivity contribution is 5.50. The maximum absolute atomic E-state index is 13.4. The Morgan fingerprint density at radius 1 is 1.17 bits per heavy atom. The molecule has 0 unspecified atom stereocenters. The van der Waals surface area contributed by atoms with Crippen LogP contribution in [0.1, 0.15) is 12.8 Å². The van der Waals surface area contributed by atoms with Crippen molar-refractivity contribution in [1.29, 1.82) is 0 Å². The predicted octanol–water partition coefficient (Wildman–Crippen LogP) is 2.91. The number of rotatable bonds is 3. The van der Waals surface area contributed by atoms with Crippen LogP contribution in [0.3, 0.4) is 0 Å². The Morgan fingerprint density at radius 2 is 1.72 bits per heavy atom. The van der Waals surface area contributed by atoms with Crippen molar-refractivity contribution < 1.29 is 22.0 Å². The first-order chi connectivity index (χ1) is 8.29. The van der Waals surface area contributed by atoms with E-state index in [1.54, 1.807) is 0 Å². The minimum Gasteiger partial charge on any atom is -0.371 e. The maximum atomic E-state index is 13.4. The number of aromatic nitrogens is 1. The average Bonchev–Trinajstić information content (AvgIpc) is 3.02. The van der Waals surface area contributed by atoms with Gasteiger partial charge < -0.3 is 10.6 Å². The molecule has 18 heavy (non-hydrogen) atoms. The number of anilines is 2. The summed E-state index contributed by atoms with van der Waals surface area (Å²) in [5.41, 5.74) is -2.14. The SMILES string of the molecule is CNc1nc(NC2(C(F)(F)F)CC2)c(F)cc1F. The van der Waals surface area contributed by atoms with Crippen LogP contribution in [0.25, 0.3) is 0 Å². The summed E-state index contributed by atoms with van der Waals surface area (Å²) in [5, 5.41) is 4.36. The Hall–Kier alpha value is -1.60. The van der Waals surface area contributed by atoms with Gasteiger partial charge in [-0.05, 0) is 12.8 Å². The fraction of sp³-hybridized carbons (Fsp3) is 0.500. The smallest absolute Gasteiger partial charge is 0.371 e. The second-order valence-electron chi connectivity index (χ2n) is 4.10. The van der Waals surface area contributed by atoms with E-state index >= 15 is 0 Å². The van der Waals surface area contributed by atoms with Gasteiger partial charge in [0.1, 0.15) is 5.54 Å². The molecule has 3 nitrogen and oxygen atoms in total. The summed E-state index contributed by atoms with van der Waals surface area (Å²) in [5.74, 6) is -3.02. The molecule has 2 N–H and O–H groups in total.